The van der Waals surface area contributed by atoms with Crippen molar-refractivity contribution in [1.82, 2.24) is 4.90 Å². The van der Waals surface area contributed by atoms with E-state index < -0.39 is 11.9 Å². The molecule has 2 aliphatic rings. The topological polar surface area (TPSA) is 110 Å². The third-order valence-electron chi connectivity index (χ3n) is 4.87. The Morgan fingerprint density at radius 3 is 1.79 bits per heavy atom. The van der Waals surface area contributed by atoms with Crippen LogP contribution in [-0.2, 0) is 14.4 Å². The zero-order chi connectivity index (χ0) is 20.4. The van der Waals surface area contributed by atoms with Crippen LogP contribution >= 0.6 is 0 Å². The monoisotopic (exact) mass is 391 g/mol. The molecule has 1 aromatic carbocycles. The molecule has 0 radical (unpaired) electrons. The number of aliphatic carboxylic acids is 2. The largest absolute Gasteiger partial charge is 0.473 e. The third-order valence-corrected chi connectivity index (χ3v) is 4.87. The van der Waals surface area contributed by atoms with E-state index in [1.807, 2.05) is 12.1 Å². The van der Waals surface area contributed by atoms with Crippen molar-refractivity contribution in [3.63, 3.8) is 0 Å². The molecular formula is C20H29N3O5. The first-order valence-electron chi connectivity index (χ1n) is 9.79. The number of benzene rings is 1. The zero-order valence-electron chi connectivity index (χ0n) is 16.1. The Kier molecular flexibility index (Phi) is 8.74. The summed E-state index contributed by atoms with van der Waals surface area (Å²) in [7, 11) is 0. The molecule has 0 saturated carbocycles. The molecular weight excluding hydrogens is 362 g/mol. The van der Waals surface area contributed by atoms with E-state index in [-0.39, 0.29) is 5.91 Å². The van der Waals surface area contributed by atoms with Gasteiger partial charge in [-0.25, -0.2) is 9.59 Å². The van der Waals surface area contributed by atoms with E-state index in [9.17, 15) is 4.79 Å². The number of carboxylic acid groups (broad SMARTS) is 2. The Bertz CT molecular complexity index is 636. The zero-order valence-corrected chi connectivity index (χ0v) is 16.1. The smallest absolute Gasteiger partial charge is 0.414 e. The fraction of sp³-hybridized carbons (Fsp3) is 0.550. The summed E-state index contributed by atoms with van der Waals surface area (Å²) < 4.78 is 0. The highest BCUT2D eigenvalue weighted by molar-refractivity contribution is 6.27. The summed E-state index contributed by atoms with van der Waals surface area (Å²) in [6.45, 7) is 4.94. The number of amides is 1. The maximum absolute atomic E-state index is 12.2. The van der Waals surface area contributed by atoms with E-state index in [0.29, 0.717) is 6.54 Å². The van der Waals surface area contributed by atoms with E-state index in [1.165, 1.54) is 44.2 Å². The molecule has 0 aliphatic carbocycles. The van der Waals surface area contributed by atoms with Crippen molar-refractivity contribution in [1.29, 1.82) is 0 Å². The number of nitrogens with one attached hydrogen (secondary N) is 1. The van der Waals surface area contributed by atoms with Gasteiger partial charge in [-0.15, -0.1) is 0 Å². The molecule has 3 rings (SSSR count). The van der Waals surface area contributed by atoms with Crippen molar-refractivity contribution in [2.45, 2.75) is 38.5 Å². The second-order valence-corrected chi connectivity index (χ2v) is 7.09. The minimum absolute atomic E-state index is 0.107. The molecule has 0 bridgehead atoms. The Morgan fingerprint density at radius 2 is 1.29 bits per heavy atom. The van der Waals surface area contributed by atoms with Gasteiger partial charge in [0.2, 0.25) is 5.91 Å². The summed E-state index contributed by atoms with van der Waals surface area (Å²) in [5.74, 6) is -3.54. The summed E-state index contributed by atoms with van der Waals surface area (Å²) >= 11 is 0. The highest BCUT2D eigenvalue weighted by atomic mass is 16.4. The van der Waals surface area contributed by atoms with Gasteiger partial charge in [-0.2, -0.15) is 0 Å². The Hall–Kier alpha value is -2.61. The van der Waals surface area contributed by atoms with Crippen LogP contribution in [0.15, 0.2) is 24.3 Å². The summed E-state index contributed by atoms with van der Waals surface area (Å²) in [4.78, 5) is 35.1. The first-order chi connectivity index (χ1) is 13.5. The molecule has 1 aromatic rings. The van der Waals surface area contributed by atoms with Gasteiger partial charge in [0.1, 0.15) is 0 Å². The van der Waals surface area contributed by atoms with Gasteiger partial charge < -0.3 is 20.4 Å². The van der Waals surface area contributed by atoms with Gasteiger partial charge in [0.05, 0.1) is 6.54 Å². The lowest BCUT2D eigenvalue weighted by atomic mass is 10.2. The van der Waals surface area contributed by atoms with Gasteiger partial charge in [-0.1, -0.05) is 12.8 Å². The summed E-state index contributed by atoms with van der Waals surface area (Å²) in [5, 5.41) is 17.8. The van der Waals surface area contributed by atoms with Crippen LogP contribution in [0.25, 0.3) is 0 Å². The Morgan fingerprint density at radius 1 is 0.786 bits per heavy atom. The maximum Gasteiger partial charge on any atom is 0.414 e. The SMILES string of the molecule is O=C(CN1CCCCCC1)Nc1ccc(N2CCCC2)cc1.O=C(O)C(=O)O. The molecule has 2 saturated heterocycles. The van der Waals surface area contributed by atoms with Crippen LogP contribution in [0.5, 0.6) is 0 Å². The number of nitrogens with zero attached hydrogens (tertiary/aromatic N) is 2. The molecule has 2 heterocycles. The van der Waals surface area contributed by atoms with Crippen LogP contribution in [0, 0.1) is 0 Å². The Labute approximate surface area is 165 Å². The Balaban J connectivity index is 0.000000409. The minimum Gasteiger partial charge on any atom is -0.473 e. The van der Waals surface area contributed by atoms with Crippen LogP contribution in [-0.4, -0.2) is 65.7 Å². The molecule has 154 valence electrons. The van der Waals surface area contributed by atoms with Crippen molar-refractivity contribution < 1.29 is 24.6 Å². The van der Waals surface area contributed by atoms with E-state index in [0.717, 1.165) is 31.9 Å². The predicted molar refractivity (Wildman–Crippen MR) is 107 cm³/mol. The first kappa shape index (κ1) is 21.7. The number of carboxylic acids is 2. The molecule has 0 atom stereocenters. The number of carbonyl (C=O) groups is 3. The highest BCUT2D eigenvalue weighted by Gasteiger charge is 2.14. The van der Waals surface area contributed by atoms with Gasteiger partial charge >= 0.3 is 11.9 Å². The van der Waals surface area contributed by atoms with Crippen molar-refractivity contribution >= 4 is 29.2 Å². The normalized spacial score (nSPS) is 17.2. The highest BCUT2D eigenvalue weighted by Crippen LogP contribution is 2.22. The molecule has 3 N–H and O–H groups in total. The fourth-order valence-corrected chi connectivity index (χ4v) is 3.43. The van der Waals surface area contributed by atoms with Crippen LogP contribution in [0.4, 0.5) is 11.4 Å². The van der Waals surface area contributed by atoms with Gasteiger partial charge in [-0.05, 0) is 63.0 Å². The number of hydrogen-bond donors (Lipinski definition) is 3. The molecule has 8 heteroatoms. The van der Waals surface area contributed by atoms with Crippen molar-refractivity contribution in [3.8, 4) is 0 Å². The predicted octanol–water partition coefficient (Wildman–Crippen LogP) is 2.26. The number of carbonyl (C=O) groups excluding carboxylic acids is 1. The van der Waals surface area contributed by atoms with Crippen LogP contribution in [0.3, 0.4) is 0 Å². The quantitative estimate of drug-likeness (QED) is 0.675. The minimum atomic E-state index is -1.82. The molecule has 2 fully saturated rings. The van der Waals surface area contributed by atoms with Gasteiger partial charge in [0.25, 0.3) is 0 Å². The number of anilines is 2. The van der Waals surface area contributed by atoms with Crippen LogP contribution in [0.1, 0.15) is 38.5 Å². The molecule has 1 amide bonds. The molecule has 28 heavy (non-hydrogen) atoms. The van der Waals surface area contributed by atoms with Gasteiger partial charge in [-0.3, -0.25) is 9.69 Å². The van der Waals surface area contributed by atoms with Crippen molar-refractivity contribution in [3.05, 3.63) is 24.3 Å². The molecule has 2 aliphatic heterocycles. The van der Waals surface area contributed by atoms with Crippen LogP contribution in [0.2, 0.25) is 0 Å². The van der Waals surface area contributed by atoms with Crippen molar-refractivity contribution in [2.75, 3.05) is 42.9 Å². The van der Waals surface area contributed by atoms with Gasteiger partial charge in [0, 0.05) is 24.5 Å². The second kappa shape index (κ2) is 11.3. The standard InChI is InChI=1S/C18H27N3O.C2H2O4/c22-18(15-20-11-3-1-2-4-12-20)19-16-7-9-17(10-8-16)21-13-5-6-14-21;3-1(4)2(5)6/h7-10H,1-6,11-15H2,(H,19,22);(H,3,4)(H,5,6). The lowest BCUT2D eigenvalue weighted by Gasteiger charge is -2.20. The summed E-state index contributed by atoms with van der Waals surface area (Å²) in [6.07, 6.45) is 7.62. The molecule has 0 spiro atoms. The van der Waals surface area contributed by atoms with Gasteiger partial charge in [0.15, 0.2) is 0 Å². The molecule has 8 nitrogen and oxygen atoms in total. The number of hydrogen-bond acceptors (Lipinski definition) is 5. The molecule has 0 aromatic heterocycles. The van der Waals surface area contributed by atoms with E-state index in [4.69, 9.17) is 19.8 Å². The number of likely N-dealkylation sites (tertiary alicyclic amines) is 1. The second-order valence-electron chi connectivity index (χ2n) is 7.09. The summed E-state index contributed by atoms with van der Waals surface area (Å²) in [6, 6.07) is 8.28. The first-order valence-corrected chi connectivity index (χ1v) is 9.79. The van der Waals surface area contributed by atoms with Crippen molar-refractivity contribution in [2.24, 2.45) is 0 Å². The number of rotatable bonds is 4. The maximum atomic E-state index is 12.2. The van der Waals surface area contributed by atoms with Crippen LogP contribution < -0.4 is 10.2 Å². The van der Waals surface area contributed by atoms with E-state index >= 15 is 0 Å². The van der Waals surface area contributed by atoms with E-state index in [2.05, 4.69) is 27.2 Å². The lowest BCUT2D eigenvalue weighted by Crippen LogP contribution is -2.33. The summed E-state index contributed by atoms with van der Waals surface area (Å²) in [5.41, 5.74) is 2.17. The third kappa shape index (κ3) is 7.56. The van der Waals surface area contributed by atoms with E-state index in [1.54, 1.807) is 0 Å². The fourth-order valence-electron chi connectivity index (χ4n) is 3.43. The average Bonchev–Trinajstić information content (AvgIpc) is 3.08. The average molecular weight is 391 g/mol. The molecule has 0 unspecified atom stereocenters. The lowest BCUT2D eigenvalue weighted by molar-refractivity contribution is -0.159.